The molecular formula is C13H16BrClN4O. The smallest absolute Gasteiger partial charge is 0.224 e. The highest BCUT2D eigenvalue weighted by molar-refractivity contribution is 9.10. The average Bonchev–Trinajstić information content (AvgIpc) is 2.98. The van der Waals surface area contributed by atoms with Crippen LogP contribution in [0.15, 0.2) is 22.8 Å². The fourth-order valence-corrected chi connectivity index (χ4v) is 3.35. The summed E-state index contributed by atoms with van der Waals surface area (Å²) in [6.45, 7) is 2.29. The number of rotatable bonds is 2. The van der Waals surface area contributed by atoms with Crippen LogP contribution >= 0.6 is 27.5 Å². The SMILES string of the molecule is CC1C2C=CC(C2)C1Nc1nc(Cl)ncc1Br.NC=O. The predicted octanol–water partition coefficient (Wildman–Crippen LogP) is 2.62. The summed E-state index contributed by atoms with van der Waals surface area (Å²) in [5.74, 6) is 2.78. The molecule has 0 aliphatic heterocycles. The molecule has 0 saturated heterocycles. The van der Waals surface area contributed by atoms with Gasteiger partial charge < -0.3 is 11.1 Å². The van der Waals surface area contributed by atoms with Crippen molar-refractivity contribution in [2.75, 3.05) is 5.32 Å². The minimum Gasteiger partial charge on any atom is -0.372 e. The summed E-state index contributed by atoms with van der Waals surface area (Å²) in [5, 5.41) is 3.78. The Hall–Kier alpha value is -1.14. The number of halogens is 2. The lowest BCUT2D eigenvalue weighted by atomic mass is 9.91. The van der Waals surface area contributed by atoms with Crippen LogP contribution in [0.2, 0.25) is 5.28 Å². The highest BCUT2D eigenvalue weighted by Gasteiger charge is 2.42. The third kappa shape index (κ3) is 3.12. The van der Waals surface area contributed by atoms with Crippen molar-refractivity contribution in [2.45, 2.75) is 19.4 Å². The number of nitrogens with two attached hydrogens (primary N) is 1. The third-order valence-corrected chi connectivity index (χ3v) is 4.63. The number of nitrogens with one attached hydrogen (secondary N) is 1. The Morgan fingerprint density at radius 2 is 2.15 bits per heavy atom. The summed E-state index contributed by atoms with van der Waals surface area (Å²) in [6.07, 6.45) is 7.86. The molecule has 4 atom stereocenters. The molecular weight excluding hydrogens is 344 g/mol. The van der Waals surface area contributed by atoms with Gasteiger partial charge >= 0.3 is 0 Å². The molecule has 20 heavy (non-hydrogen) atoms. The van der Waals surface area contributed by atoms with Crippen LogP contribution in [0.5, 0.6) is 0 Å². The topological polar surface area (TPSA) is 80.9 Å². The van der Waals surface area contributed by atoms with E-state index in [1.807, 2.05) is 0 Å². The van der Waals surface area contributed by atoms with Gasteiger partial charge in [0.15, 0.2) is 0 Å². The van der Waals surface area contributed by atoms with E-state index >= 15 is 0 Å². The Bertz CT molecular complexity index is 525. The number of carbonyl (C=O) groups is 1. The summed E-state index contributed by atoms with van der Waals surface area (Å²) < 4.78 is 0.862. The zero-order valence-corrected chi connectivity index (χ0v) is 13.3. The maximum absolute atomic E-state index is 8.58. The minimum absolute atomic E-state index is 0.250. The quantitative estimate of drug-likeness (QED) is 0.483. The molecule has 1 fully saturated rings. The van der Waals surface area contributed by atoms with Crippen LogP contribution in [0.3, 0.4) is 0 Å². The lowest BCUT2D eigenvalue weighted by Crippen LogP contribution is -2.31. The highest BCUT2D eigenvalue weighted by Crippen LogP contribution is 2.44. The minimum atomic E-state index is 0.250. The van der Waals surface area contributed by atoms with E-state index in [4.69, 9.17) is 16.4 Å². The number of primary amides is 1. The molecule has 3 rings (SSSR count). The molecule has 3 N–H and O–H groups in total. The molecule has 0 spiro atoms. The third-order valence-electron chi connectivity index (χ3n) is 3.87. The second-order valence-electron chi connectivity index (χ2n) is 4.95. The second-order valence-corrected chi connectivity index (χ2v) is 6.14. The molecule has 2 aliphatic carbocycles. The van der Waals surface area contributed by atoms with Gasteiger partial charge in [-0.15, -0.1) is 0 Å². The van der Waals surface area contributed by atoms with Crippen LogP contribution in [0.1, 0.15) is 13.3 Å². The van der Waals surface area contributed by atoms with Gasteiger partial charge in [0.05, 0.1) is 4.47 Å². The maximum Gasteiger partial charge on any atom is 0.224 e. The molecule has 0 aromatic carbocycles. The first kappa shape index (κ1) is 15.3. The number of amides is 1. The van der Waals surface area contributed by atoms with Crippen molar-refractivity contribution < 1.29 is 4.79 Å². The summed E-state index contributed by atoms with van der Waals surface area (Å²) >= 11 is 9.27. The monoisotopic (exact) mass is 358 g/mol. The van der Waals surface area contributed by atoms with Crippen molar-refractivity contribution in [2.24, 2.45) is 23.5 Å². The first-order valence-electron chi connectivity index (χ1n) is 6.35. The molecule has 2 bridgehead atoms. The van der Waals surface area contributed by atoms with Crippen LogP contribution in [-0.4, -0.2) is 22.4 Å². The maximum atomic E-state index is 8.58. The Morgan fingerprint density at radius 3 is 2.75 bits per heavy atom. The number of hydrogen-bond acceptors (Lipinski definition) is 4. The zero-order valence-electron chi connectivity index (χ0n) is 11.0. The van der Waals surface area contributed by atoms with E-state index in [1.165, 1.54) is 6.42 Å². The number of aromatic nitrogens is 2. The van der Waals surface area contributed by atoms with Crippen LogP contribution in [0.4, 0.5) is 5.82 Å². The first-order valence-corrected chi connectivity index (χ1v) is 7.52. The van der Waals surface area contributed by atoms with E-state index in [0.29, 0.717) is 23.8 Å². The number of fused-ring (bicyclic) bond motifs is 2. The van der Waals surface area contributed by atoms with Gasteiger partial charge in [-0.1, -0.05) is 19.1 Å². The summed E-state index contributed by atoms with van der Waals surface area (Å²) in [5.41, 5.74) is 4.17. The van der Waals surface area contributed by atoms with Crippen molar-refractivity contribution >= 4 is 39.8 Å². The molecule has 4 unspecified atom stereocenters. The largest absolute Gasteiger partial charge is 0.372 e. The molecule has 2 aliphatic rings. The summed E-state index contributed by atoms with van der Waals surface area (Å²) in [7, 11) is 0. The van der Waals surface area contributed by atoms with E-state index in [0.717, 1.165) is 10.3 Å². The van der Waals surface area contributed by atoms with E-state index in [9.17, 15) is 0 Å². The van der Waals surface area contributed by atoms with Gasteiger partial charge in [-0.05, 0) is 51.7 Å². The average molecular weight is 360 g/mol. The van der Waals surface area contributed by atoms with Gasteiger partial charge in [-0.2, -0.15) is 4.98 Å². The van der Waals surface area contributed by atoms with Crippen molar-refractivity contribution in [3.63, 3.8) is 0 Å². The molecule has 108 valence electrons. The molecule has 7 heteroatoms. The zero-order chi connectivity index (χ0) is 14.7. The van der Waals surface area contributed by atoms with Crippen molar-refractivity contribution in [1.29, 1.82) is 0 Å². The van der Waals surface area contributed by atoms with Gasteiger partial charge in [0.25, 0.3) is 0 Å². The summed E-state index contributed by atoms with van der Waals surface area (Å²) in [4.78, 5) is 16.7. The van der Waals surface area contributed by atoms with Crippen LogP contribution in [0.25, 0.3) is 0 Å². The highest BCUT2D eigenvalue weighted by atomic mass is 79.9. The number of carbonyl (C=O) groups excluding carboxylic acids is 1. The number of hydrogen-bond donors (Lipinski definition) is 2. The molecule has 1 aromatic rings. The fourth-order valence-electron chi connectivity index (χ4n) is 2.91. The molecule has 1 amide bonds. The first-order chi connectivity index (χ1) is 9.56. The van der Waals surface area contributed by atoms with E-state index in [1.54, 1.807) is 6.20 Å². The number of allylic oxidation sites excluding steroid dienone is 1. The molecule has 1 saturated carbocycles. The van der Waals surface area contributed by atoms with Crippen LogP contribution in [0, 0.1) is 17.8 Å². The van der Waals surface area contributed by atoms with Crippen molar-refractivity contribution in [3.05, 3.63) is 28.1 Å². The van der Waals surface area contributed by atoms with Gasteiger partial charge in [0.2, 0.25) is 11.7 Å². The van der Waals surface area contributed by atoms with Crippen molar-refractivity contribution in [3.8, 4) is 0 Å². The lowest BCUT2D eigenvalue weighted by molar-refractivity contribution is -0.106. The van der Waals surface area contributed by atoms with E-state index < -0.39 is 0 Å². The van der Waals surface area contributed by atoms with Crippen molar-refractivity contribution in [1.82, 2.24) is 9.97 Å². The molecule has 1 heterocycles. The normalized spacial score (nSPS) is 29.8. The van der Waals surface area contributed by atoms with Gasteiger partial charge in [0, 0.05) is 12.2 Å². The fraction of sp³-hybridized carbons (Fsp3) is 0.462. The molecule has 1 aromatic heterocycles. The lowest BCUT2D eigenvalue weighted by Gasteiger charge is -2.26. The van der Waals surface area contributed by atoms with Gasteiger partial charge in [0.1, 0.15) is 5.82 Å². The van der Waals surface area contributed by atoms with Gasteiger partial charge in [-0.3, -0.25) is 4.79 Å². The Kier molecular flexibility index (Phi) is 4.99. The Morgan fingerprint density at radius 1 is 1.50 bits per heavy atom. The predicted molar refractivity (Wildman–Crippen MR) is 82.3 cm³/mol. The Balaban J connectivity index is 0.000000452. The van der Waals surface area contributed by atoms with E-state index in [2.05, 4.69) is 56.0 Å². The Labute approximate surface area is 131 Å². The standard InChI is InChI=1S/C12H13BrClN3.CH3NO/c1-6-7-2-3-8(4-7)10(6)16-11-9(13)5-15-12(14)17-11;2-1-3/h2-3,5-8,10H,4H2,1H3,(H,15,16,17);1H,(H2,2,3). The van der Waals surface area contributed by atoms with E-state index in [-0.39, 0.29) is 11.7 Å². The van der Waals surface area contributed by atoms with Crippen LogP contribution in [-0.2, 0) is 4.79 Å². The number of anilines is 1. The van der Waals surface area contributed by atoms with Crippen LogP contribution < -0.4 is 11.1 Å². The molecule has 0 radical (unpaired) electrons. The van der Waals surface area contributed by atoms with Gasteiger partial charge in [-0.25, -0.2) is 4.98 Å². The summed E-state index contributed by atoms with van der Waals surface area (Å²) in [6, 6.07) is 0.451. The number of nitrogens with zero attached hydrogens (tertiary/aromatic N) is 2. The second kappa shape index (κ2) is 6.54. The molecule has 5 nitrogen and oxygen atoms in total.